The Bertz CT molecular complexity index is 921. The third-order valence-electron chi connectivity index (χ3n) is 4.00. The highest BCUT2D eigenvalue weighted by Gasteiger charge is 2.17. The highest BCUT2D eigenvalue weighted by molar-refractivity contribution is 6.03. The van der Waals surface area contributed by atoms with Gasteiger partial charge in [0.2, 0.25) is 0 Å². The maximum Gasteiger partial charge on any atom is 0.124 e. The Morgan fingerprint density at radius 1 is 0.870 bits per heavy atom. The molecule has 0 saturated heterocycles. The lowest BCUT2D eigenvalue weighted by molar-refractivity contribution is 0.469. The SMILES string of the molecule is C=C/C=C\c1c(C)ccc(O)c1-c1c(O)ccc2ccccc12. The van der Waals surface area contributed by atoms with Crippen LogP contribution < -0.4 is 0 Å². The lowest BCUT2D eigenvalue weighted by atomic mass is 9.90. The molecule has 0 amide bonds. The number of fused-ring (bicyclic) bond motifs is 1. The van der Waals surface area contributed by atoms with Crippen molar-refractivity contribution in [2.24, 2.45) is 0 Å². The van der Waals surface area contributed by atoms with Crippen LogP contribution in [0.4, 0.5) is 0 Å². The van der Waals surface area contributed by atoms with Crippen LogP contribution in [0.3, 0.4) is 0 Å². The first-order valence-electron chi connectivity index (χ1n) is 7.46. The van der Waals surface area contributed by atoms with Gasteiger partial charge in [0, 0.05) is 11.1 Å². The molecule has 0 unspecified atom stereocenters. The summed E-state index contributed by atoms with van der Waals surface area (Å²) >= 11 is 0. The first kappa shape index (κ1) is 14.9. The van der Waals surface area contributed by atoms with Crippen LogP contribution in [0.25, 0.3) is 28.0 Å². The fraction of sp³-hybridized carbons (Fsp3) is 0.0476. The van der Waals surface area contributed by atoms with Gasteiger partial charge in [-0.05, 0) is 41.0 Å². The summed E-state index contributed by atoms with van der Waals surface area (Å²) in [6.07, 6.45) is 5.42. The lowest BCUT2D eigenvalue weighted by Crippen LogP contribution is -1.91. The highest BCUT2D eigenvalue weighted by atomic mass is 16.3. The molecule has 2 N–H and O–H groups in total. The molecular formula is C21H18O2. The van der Waals surface area contributed by atoms with Crippen molar-refractivity contribution in [2.45, 2.75) is 6.92 Å². The van der Waals surface area contributed by atoms with Crippen molar-refractivity contribution in [1.82, 2.24) is 0 Å². The Balaban J connectivity index is 2.44. The topological polar surface area (TPSA) is 40.5 Å². The first-order chi connectivity index (χ1) is 11.1. The van der Waals surface area contributed by atoms with E-state index in [2.05, 4.69) is 6.58 Å². The van der Waals surface area contributed by atoms with Gasteiger partial charge in [0.1, 0.15) is 11.5 Å². The highest BCUT2D eigenvalue weighted by Crippen LogP contribution is 2.43. The zero-order valence-electron chi connectivity index (χ0n) is 13.0. The van der Waals surface area contributed by atoms with E-state index in [4.69, 9.17) is 0 Å². The molecule has 0 fully saturated rings. The zero-order valence-corrected chi connectivity index (χ0v) is 13.0. The normalized spacial score (nSPS) is 11.2. The van der Waals surface area contributed by atoms with Crippen molar-refractivity contribution >= 4 is 16.8 Å². The first-order valence-corrected chi connectivity index (χ1v) is 7.46. The lowest BCUT2D eigenvalue weighted by Gasteiger charge is -2.15. The van der Waals surface area contributed by atoms with E-state index in [0.717, 1.165) is 21.9 Å². The van der Waals surface area contributed by atoms with Crippen LogP contribution >= 0.6 is 0 Å². The largest absolute Gasteiger partial charge is 0.507 e. The monoisotopic (exact) mass is 302 g/mol. The van der Waals surface area contributed by atoms with Gasteiger partial charge < -0.3 is 10.2 Å². The number of aryl methyl sites for hydroxylation is 1. The van der Waals surface area contributed by atoms with Gasteiger partial charge >= 0.3 is 0 Å². The van der Waals surface area contributed by atoms with E-state index < -0.39 is 0 Å². The molecule has 0 aromatic heterocycles. The zero-order chi connectivity index (χ0) is 16.4. The molecule has 3 rings (SSSR count). The number of phenols is 2. The average Bonchev–Trinajstić information content (AvgIpc) is 2.56. The third-order valence-corrected chi connectivity index (χ3v) is 4.00. The van der Waals surface area contributed by atoms with Crippen LogP contribution in [0, 0.1) is 6.92 Å². The fourth-order valence-electron chi connectivity index (χ4n) is 2.88. The molecule has 0 spiro atoms. The molecule has 3 aromatic carbocycles. The van der Waals surface area contributed by atoms with E-state index in [9.17, 15) is 10.2 Å². The molecular weight excluding hydrogens is 284 g/mol. The molecule has 0 aliphatic carbocycles. The maximum atomic E-state index is 10.5. The second kappa shape index (κ2) is 6.01. The van der Waals surface area contributed by atoms with Gasteiger partial charge in [-0.3, -0.25) is 0 Å². The van der Waals surface area contributed by atoms with Crippen molar-refractivity contribution in [1.29, 1.82) is 0 Å². The second-order valence-corrected chi connectivity index (χ2v) is 5.47. The minimum atomic E-state index is 0.144. The van der Waals surface area contributed by atoms with Crippen molar-refractivity contribution in [3.8, 4) is 22.6 Å². The summed E-state index contributed by atoms with van der Waals surface area (Å²) in [6, 6.07) is 14.9. The van der Waals surface area contributed by atoms with Crippen molar-refractivity contribution in [3.05, 3.63) is 78.4 Å². The van der Waals surface area contributed by atoms with Crippen molar-refractivity contribution < 1.29 is 10.2 Å². The molecule has 114 valence electrons. The smallest absolute Gasteiger partial charge is 0.124 e. The minimum absolute atomic E-state index is 0.144. The van der Waals surface area contributed by atoms with Gasteiger partial charge in [0.05, 0.1) is 0 Å². The number of rotatable bonds is 3. The summed E-state index contributed by atoms with van der Waals surface area (Å²) in [5.41, 5.74) is 3.17. The summed E-state index contributed by atoms with van der Waals surface area (Å²) in [7, 11) is 0. The summed E-state index contributed by atoms with van der Waals surface area (Å²) in [5, 5.41) is 22.9. The van der Waals surface area contributed by atoms with Crippen LogP contribution in [-0.2, 0) is 0 Å². The van der Waals surface area contributed by atoms with Crippen LogP contribution in [0.15, 0.2) is 67.3 Å². The standard InChI is InChI=1S/C21H18O2/c1-3-4-8-16-14(2)10-12-18(22)20(16)21-17-9-6-5-7-15(17)11-13-19(21)23/h3-13,22-23H,1H2,2H3/b8-4-. The number of phenolic OH excluding ortho intramolecular Hbond substituents is 2. The molecule has 0 saturated carbocycles. The number of hydrogen-bond donors (Lipinski definition) is 2. The third kappa shape index (κ3) is 2.59. The predicted octanol–water partition coefficient (Wildman–Crippen LogP) is 5.43. The second-order valence-electron chi connectivity index (χ2n) is 5.47. The van der Waals surface area contributed by atoms with E-state index in [0.29, 0.717) is 11.1 Å². The fourth-order valence-corrected chi connectivity index (χ4v) is 2.88. The van der Waals surface area contributed by atoms with Gasteiger partial charge in [-0.25, -0.2) is 0 Å². The predicted molar refractivity (Wildman–Crippen MR) is 96.7 cm³/mol. The van der Waals surface area contributed by atoms with Crippen LogP contribution in [0.2, 0.25) is 0 Å². The van der Waals surface area contributed by atoms with E-state index in [1.165, 1.54) is 0 Å². The number of aromatic hydroxyl groups is 2. The van der Waals surface area contributed by atoms with Gasteiger partial charge in [-0.2, -0.15) is 0 Å². The van der Waals surface area contributed by atoms with Gasteiger partial charge in [0.25, 0.3) is 0 Å². The van der Waals surface area contributed by atoms with Crippen LogP contribution in [-0.4, -0.2) is 10.2 Å². The number of benzene rings is 3. The van der Waals surface area contributed by atoms with E-state index >= 15 is 0 Å². The Morgan fingerprint density at radius 2 is 1.57 bits per heavy atom. The van der Waals surface area contributed by atoms with Gasteiger partial charge in [0.15, 0.2) is 0 Å². The molecule has 0 atom stereocenters. The summed E-state index contributed by atoms with van der Waals surface area (Å²) in [4.78, 5) is 0. The minimum Gasteiger partial charge on any atom is -0.507 e. The van der Waals surface area contributed by atoms with Crippen LogP contribution in [0.5, 0.6) is 11.5 Å². The molecule has 0 bridgehead atoms. The quantitative estimate of drug-likeness (QED) is 0.634. The average molecular weight is 302 g/mol. The molecule has 2 heteroatoms. The van der Waals surface area contributed by atoms with Crippen LogP contribution in [0.1, 0.15) is 11.1 Å². The molecule has 2 nitrogen and oxygen atoms in total. The van der Waals surface area contributed by atoms with E-state index in [1.807, 2.05) is 55.5 Å². The summed E-state index contributed by atoms with van der Waals surface area (Å²) in [5.74, 6) is 0.295. The van der Waals surface area contributed by atoms with E-state index in [-0.39, 0.29) is 11.5 Å². The van der Waals surface area contributed by atoms with Gasteiger partial charge in [-0.15, -0.1) is 0 Å². The van der Waals surface area contributed by atoms with Crippen molar-refractivity contribution in [3.63, 3.8) is 0 Å². The molecule has 0 radical (unpaired) electrons. The van der Waals surface area contributed by atoms with E-state index in [1.54, 1.807) is 18.2 Å². The Labute approximate surface area is 135 Å². The number of hydrogen-bond acceptors (Lipinski definition) is 2. The molecule has 3 aromatic rings. The Hall–Kier alpha value is -3.00. The Morgan fingerprint density at radius 3 is 2.35 bits per heavy atom. The summed E-state index contributed by atoms with van der Waals surface area (Å²) in [6.45, 7) is 5.68. The van der Waals surface area contributed by atoms with Gasteiger partial charge in [-0.1, -0.05) is 61.2 Å². The Kier molecular flexibility index (Phi) is 3.90. The summed E-state index contributed by atoms with van der Waals surface area (Å²) < 4.78 is 0. The molecule has 23 heavy (non-hydrogen) atoms. The molecule has 0 aliphatic heterocycles. The van der Waals surface area contributed by atoms with Crippen molar-refractivity contribution in [2.75, 3.05) is 0 Å². The maximum absolute atomic E-state index is 10.5. The number of allylic oxidation sites excluding steroid dienone is 2. The molecule has 0 heterocycles. The molecule has 0 aliphatic rings.